The molecule has 2 rings (SSSR count). The van der Waals surface area contributed by atoms with Gasteiger partial charge in [-0.05, 0) is 36.8 Å². The highest BCUT2D eigenvalue weighted by molar-refractivity contribution is 7.11. The molecule has 1 aromatic heterocycles. The third-order valence-corrected chi connectivity index (χ3v) is 3.96. The Hall–Kier alpha value is -1.88. The van der Waals surface area contributed by atoms with Gasteiger partial charge in [0.05, 0.1) is 12.1 Å². The number of rotatable bonds is 4. The Kier molecular flexibility index (Phi) is 4.16. The number of anilines is 1. The second-order valence-corrected chi connectivity index (χ2v) is 5.40. The van der Waals surface area contributed by atoms with E-state index in [1.807, 2.05) is 12.1 Å². The van der Waals surface area contributed by atoms with Gasteiger partial charge in [0.1, 0.15) is 5.82 Å². The lowest BCUT2D eigenvalue weighted by Gasteiger charge is -2.05. The SMILES string of the molecule is CCc1ccc(CNC(=O)c2ccc(N)cc2F)s1. The molecule has 3 N–H and O–H groups in total. The van der Waals surface area contributed by atoms with Crippen LogP contribution < -0.4 is 11.1 Å². The zero-order valence-electron chi connectivity index (χ0n) is 10.6. The number of nitrogens with one attached hydrogen (secondary N) is 1. The number of nitrogens with two attached hydrogens (primary N) is 1. The van der Waals surface area contributed by atoms with Gasteiger partial charge < -0.3 is 11.1 Å². The van der Waals surface area contributed by atoms with E-state index < -0.39 is 11.7 Å². The first-order valence-corrected chi connectivity index (χ1v) is 6.82. The number of carbonyl (C=O) groups excluding carboxylic acids is 1. The van der Waals surface area contributed by atoms with E-state index in [0.29, 0.717) is 12.2 Å². The van der Waals surface area contributed by atoms with Crippen LogP contribution in [0.15, 0.2) is 30.3 Å². The van der Waals surface area contributed by atoms with Crippen LogP contribution in [-0.2, 0) is 13.0 Å². The molecule has 1 aromatic carbocycles. The summed E-state index contributed by atoms with van der Waals surface area (Å²) in [4.78, 5) is 14.2. The van der Waals surface area contributed by atoms with Gasteiger partial charge in [0.25, 0.3) is 5.91 Å². The third kappa shape index (κ3) is 3.32. The fraction of sp³-hybridized carbons (Fsp3) is 0.214. The zero-order chi connectivity index (χ0) is 13.8. The highest BCUT2D eigenvalue weighted by atomic mass is 32.1. The molecule has 2 aromatic rings. The maximum Gasteiger partial charge on any atom is 0.254 e. The van der Waals surface area contributed by atoms with Crippen molar-refractivity contribution in [3.63, 3.8) is 0 Å². The predicted octanol–water partition coefficient (Wildman–Crippen LogP) is 2.96. The number of aryl methyl sites for hydroxylation is 1. The summed E-state index contributed by atoms with van der Waals surface area (Å²) in [5.41, 5.74) is 5.76. The van der Waals surface area contributed by atoms with Crippen molar-refractivity contribution >= 4 is 22.9 Å². The molecule has 3 nitrogen and oxygen atoms in total. The van der Waals surface area contributed by atoms with Crippen LogP contribution >= 0.6 is 11.3 Å². The van der Waals surface area contributed by atoms with Crippen LogP contribution in [0.3, 0.4) is 0 Å². The van der Waals surface area contributed by atoms with Gasteiger partial charge in [0.15, 0.2) is 0 Å². The normalized spacial score (nSPS) is 10.4. The van der Waals surface area contributed by atoms with E-state index in [1.165, 1.54) is 17.0 Å². The second-order valence-electron chi connectivity index (χ2n) is 4.14. The lowest BCUT2D eigenvalue weighted by molar-refractivity contribution is 0.0947. The van der Waals surface area contributed by atoms with Crippen LogP contribution in [0.4, 0.5) is 10.1 Å². The molecule has 1 amide bonds. The molecule has 0 radical (unpaired) electrons. The number of hydrogen-bond donors (Lipinski definition) is 2. The minimum absolute atomic E-state index is 0.0153. The van der Waals surface area contributed by atoms with Gasteiger partial charge in [0, 0.05) is 15.4 Å². The van der Waals surface area contributed by atoms with Crippen LogP contribution in [0, 0.1) is 5.82 Å². The van der Waals surface area contributed by atoms with Crippen LogP contribution in [0.5, 0.6) is 0 Å². The molecule has 1 heterocycles. The summed E-state index contributed by atoms with van der Waals surface area (Å²) < 4.78 is 13.5. The Morgan fingerprint density at radius 3 is 2.68 bits per heavy atom. The van der Waals surface area contributed by atoms with Crippen molar-refractivity contribution in [3.8, 4) is 0 Å². The van der Waals surface area contributed by atoms with Gasteiger partial charge >= 0.3 is 0 Å². The number of carbonyl (C=O) groups is 1. The fourth-order valence-electron chi connectivity index (χ4n) is 1.69. The molecular weight excluding hydrogens is 263 g/mol. The molecule has 0 aliphatic carbocycles. The average Bonchev–Trinajstić information content (AvgIpc) is 2.84. The molecule has 0 spiro atoms. The van der Waals surface area contributed by atoms with Crippen LogP contribution in [0.2, 0.25) is 0 Å². The molecule has 0 unspecified atom stereocenters. The van der Waals surface area contributed by atoms with Crippen LogP contribution in [-0.4, -0.2) is 5.91 Å². The lowest BCUT2D eigenvalue weighted by atomic mass is 10.2. The summed E-state index contributed by atoms with van der Waals surface area (Å²) in [6, 6.07) is 8.07. The Balaban J connectivity index is 2.01. The molecule has 0 atom stereocenters. The topological polar surface area (TPSA) is 55.1 Å². The van der Waals surface area contributed by atoms with Crippen molar-refractivity contribution in [3.05, 3.63) is 51.5 Å². The van der Waals surface area contributed by atoms with Crippen molar-refractivity contribution in [2.24, 2.45) is 0 Å². The first-order chi connectivity index (χ1) is 9.10. The van der Waals surface area contributed by atoms with Gasteiger partial charge in [0.2, 0.25) is 0 Å². The minimum atomic E-state index is -0.599. The quantitative estimate of drug-likeness (QED) is 0.845. The maximum atomic E-state index is 13.5. The molecule has 0 saturated carbocycles. The minimum Gasteiger partial charge on any atom is -0.399 e. The Morgan fingerprint density at radius 1 is 1.32 bits per heavy atom. The van der Waals surface area contributed by atoms with Crippen LogP contribution in [0.25, 0.3) is 0 Å². The fourth-order valence-corrected chi connectivity index (χ4v) is 2.58. The monoisotopic (exact) mass is 278 g/mol. The molecule has 0 bridgehead atoms. The molecule has 19 heavy (non-hydrogen) atoms. The molecule has 0 saturated heterocycles. The van der Waals surface area contributed by atoms with Crippen molar-refractivity contribution in [2.45, 2.75) is 19.9 Å². The largest absolute Gasteiger partial charge is 0.399 e. The average molecular weight is 278 g/mol. The highest BCUT2D eigenvalue weighted by Crippen LogP contribution is 2.17. The molecule has 100 valence electrons. The van der Waals surface area contributed by atoms with Crippen molar-refractivity contribution < 1.29 is 9.18 Å². The smallest absolute Gasteiger partial charge is 0.254 e. The van der Waals surface area contributed by atoms with E-state index in [9.17, 15) is 9.18 Å². The van der Waals surface area contributed by atoms with E-state index >= 15 is 0 Å². The van der Waals surface area contributed by atoms with Crippen molar-refractivity contribution in [2.75, 3.05) is 5.73 Å². The standard InChI is InChI=1S/C14H15FN2OS/c1-2-10-4-5-11(19-10)8-17-14(18)12-6-3-9(16)7-13(12)15/h3-7H,2,8,16H2,1H3,(H,17,18). The molecule has 5 heteroatoms. The molecule has 0 fully saturated rings. The van der Waals surface area contributed by atoms with Crippen molar-refractivity contribution in [1.82, 2.24) is 5.32 Å². The number of amides is 1. The summed E-state index contributed by atoms with van der Waals surface area (Å²) in [7, 11) is 0. The summed E-state index contributed by atoms with van der Waals surface area (Å²) in [5.74, 6) is -1.03. The number of hydrogen-bond acceptors (Lipinski definition) is 3. The van der Waals surface area contributed by atoms with Gasteiger partial charge in [-0.25, -0.2) is 4.39 Å². The number of thiophene rings is 1. The Bertz CT molecular complexity index is 595. The van der Waals surface area contributed by atoms with E-state index in [-0.39, 0.29) is 5.56 Å². The van der Waals surface area contributed by atoms with Gasteiger partial charge in [-0.1, -0.05) is 6.92 Å². The second kappa shape index (κ2) is 5.84. The van der Waals surface area contributed by atoms with Crippen molar-refractivity contribution in [1.29, 1.82) is 0 Å². The maximum absolute atomic E-state index is 13.5. The van der Waals surface area contributed by atoms with E-state index in [0.717, 1.165) is 17.4 Å². The summed E-state index contributed by atoms with van der Waals surface area (Å²) in [6.07, 6.45) is 0.977. The highest BCUT2D eigenvalue weighted by Gasteiger charge is 2.11. The third-order valence-electron chi connectivity index (χ3n) is 2.73. The van der Waals surface area contributed by atoms with E-state index in [1.54, 1.807) is 11.3 Å². The van der Waals surface area contributed by atoms with E-state index in [4.69, 9.17) is 5.73 Å². The Labute approximate surface area is 115 Å². The number of benzene rings is 1. The van der Waals surface area contributed by atoms with Crippen LogP contribution in [0.1, 0.15) is 27.0 Å². The number of nitrogen functional groups attached to an aromatic ring is 1. The van der Waals surface area contributed by atoms with Gasteiger partial charge in [-0.15, -0.1) is 11.3 Å². The Morgan fingerprint density at radius 2 is 2.05 bits per heavy atom. The molecule has 0 aliphatic heterocycles. The first-order valence-electron chi connectivity index (χ1n) is 6.01. The first kappa shape index (κ1) is 13.5. The van der Waals surface area contributed by atoms with Gasteiger partial charge in [-0.3, -0.25) is 4.79 Å². The lowest BCUT2D eigenvalue weighted by Crippen LogP contribution is -2.23. The number of halogens is 1. The molecular formula is C14H15FN2OS. The summed E-state index contributed by atoms with van der Waals surface area (Å²) in [5, 5.41) is 2.70. The molecule has 0 aliphatic rings. The van der Waals surface area contributed by atoms with E-state index in [2.05, 4.69) is 12.2 Å². The summed E-state index contributed by atoms with van der Waals surface area (Å²) in [6.45, 7) is 2.49. The summed E-state index contributed by atoms with van der Waals surface area (Å²) >= 11 is 1.65. The zero-order valence-corrected chi connectivity index (χ0v) is 11.4. The predicted molar refractivity (Wildman–Crippen MR) is 75.7 cm³/mol. The van der Waals surface area contributed by atoms with Gasteiger partial charge in [-0.2, -0.15) is 0 Å².